The Labute approximate surface area is 140 Å². The number of hydrogen-bond acceptors (Lipinski definition) is 5. The first-order valence-corrected chi connectivity index (χ1v) is 7.88. The lowest BCUT2D eigenvalue weighted by molar-refractivity contribution is -0.385. The first kappa shape index (κ1) is 16.4. The lowest BCUT2D eigenvalue weighted by Gasteiger charge is -2.36. The van der Waals surface area contributed by atoms with E-state index in [9.17, 15) is 15.2 Å². The standard InChI is InChI=1S/C18H20N2O4/c1-24-18-7-6-13(10-16(18)20(22)23)11-19-9-8-14-4-2-3-5-15(14)17(19)12-21/h2-7,10,17,21H,8-9,11-12H2,1H3. The lowest BCUT2D eigenvalue weighted by atomic mass is 9.92. The third kappa shape index (κ3) is 3.11. The van der Waals surface area contributed by atoms with Crippen molar-refractivity contribution in [2.24, 2.45) is 0 Å². The molecular formula is C18H20N2O4. The first-order chi connectivity index (χ1) is 11.6. The minimum Gasteiger partial charge on any atom is -0.490 e. The number of aliphatic hydroxyl groups is 1. The Balaban J connectivity index is 1.86. The molecule has 1 heterocycles. The van der Waals surface area contributed by atoms with Gasteiger partial charge >= 0.3 is 5.69 Å². The number of hydrogen-bond donors (Lipinski definition) is 1. The monoisotopic (exact) mass is 328 g/mol. The number of ether oxygens (including phenoxy) is 1. The quantitative estimate of drug-likeness (QED) is 0.674. The van der Waals surface area contributed by atoms with E-state index in [0.29, 0.717) is 6.54 Å². The highest BCUT2D eigenvalue weighted by molar-refractivity contribution is 5.48. The van der Waals surface area contributed by atoms with Crippen molar-refractivity contribution in [3.05, 3.63) is 69.3 Å². The summed E-state index contributed by atoms with van der Waals surface area (Å²) in [5, 5.41) is 21.0. The van der Waals surface area contributed by atoms with Crippen LogP contribution in [0.2, 0.25) is 0 Å². The third-order valence-corrected chi connectivity index (χ3v) is 4.52. The third-order valence-electron chi connectivity index (χ3n) is 4.52. The van der Waals surface area contributed by atoms with Gasteiger partial charge in [0, 0.05) is 19.2 Å². The van der Waals surface area contributed by atoms with Crippen molar-refractivity contribution in [2.45, 2.75) is 19.0 Å². The minimum absolute atomic E-state index is 0.0231. The topological polar surface area (TPSA) is 75.8 Å². The van der Waals surface area contributed by atoms with Gasteiger partial charge in [0.05, 0.1) is 24.7 Å². The summed E-state index contributed by atoms with van der Waals surface area (Å²) in [6, 6.07) is 13.0. The maximum Gasteiger partial charge on any atom is 0.311 e. The van der Waals surface area contributed by atoms with Gasteiger partial charge in [-0.05, 0) is 29.2 Å². The zero-order chi connectivity index (χ0) is 17.1. The summed E-state index contributed by atoms with van der Waals surface area (Å²) in [6.45, 7) is 1.38. The Morgan fingerprint density at radius 2 is 2.12 bits per heavy atom. The van der Waals surface area contributed by atoms with Crippen LogP contribution in [0.3, 0.4) is 0 Å². The van der Waals surface area contributed by atoms with E-state index in [0.717, 1.165) is 24.1 Å². The summed E-state index contributed by atoms with van der Waals surface area (Å²) < 4.78 is 5.05. The highest BCUT2D eigenvalue weighted by atomic mass is 16.6. The smallest absolute Gasteiger partial charge is 0.311 e. The molecule has 0 radical (unpaired) electrons. The van der Waals surface area contributed by atoms with E-state index in [1.807, 2.05) is 24.3 Å². The number of aliphatic hydroxyl groups excluding tert-OH is 1. The molecule has 24 heavy (non-hydrogen) atoms. The molecule has 2 aromatic carbocycles. The maximum absolute atomic E-state index is 11.2. The van der Waals surface area contributed by atoms with Crippen LogP contribution in [0.15, 0.2) is 42.5 Å². The molecule has 1 atom stereocenters. The van der Waals surface area contributed by atoms with Gasteiger partial charge in [-0.3, -0.25) is 15.0 Å². The van der Waals surface area contributed by atoms with Crippen LogP contribution in [0.5, 0.6) is 5.75 Å². The number of benzene rings is 2. The number of rotatable bonds is 5. The van der Waals surface area contributed by atoms with E-state index in [1.165, 1.54) is 12.7 Å². The van der Waals surface area contributed by atoms with E-state index in [4.69, 9.17) is 4.74 Å². The number of nitro benzene ring substituents is 1. The van der Waals surface area contributed by atoms with Gasteiger partial charge < -0.3 is 9.84 Å². The molecule has 0 fully saturated rings. The molecule has 0 aliphatic carbocycles. The SMILES string of the molecule is COc1ccc(CN2CCc3ccccc3C2CO)cc1[N+](=O)[O-]. The number of nitro groups is 1. The van der Waals surface area contributed by atoms with Gasteiger partial charge in [-0.2, -0.15) is 0 Å². The number of methoxy groups -OCH3 is 1. The summed E-state index contributed by atoms with van der Waals surface area (Å²) >= 11 is 0. The van der Waals surface area contributed by atoms with Crippen molar-refractivity contribution >= 4 is 5.69 Å². The van der Waals surface area contributed by atoms with Gasteiger partial charge in [0.25, 0.3) is 0 Å². The zero-order valence-electron chi connectivity index (χ0n) is 13.5. The van der Waals surface area contributed by atoms with Crippen LogP contribution in [0.25, 0.3) is 0 Å². The highest BCUT2D eigenvalue weighted by Gasteiger charge is 2.27. The Morgan fingerprint density at radius 3 is 2.83 bits per heavy atom. The van der Waals surface area contributed by atoms with Gasteiger partial charge in [0.1, 0.15) is 0 Å². The van der Waals surface area contributed by atoms with E-state index in [-0.39, 0.29) is 24.1 Å². The normalized spacial score (nSPS) is 17.3. The van der Waals surface area contributed by atoms with Crippen LogP contribution < -0.4 is 4.74 Å². The largest absolute Gasteiger partial charge is 0.490 e. The molecule has 1 aliphatic rings. The minimum atomic E-state index is -0.433. The molecule has 1 unspecified atom stereocenters. The molecule has 2 aromatic rings. The molecule has 126 valence electrons. The second-order valence-electron chi connectivity index (χ2n) is 5.88. The van der Waals surface area contributed by atoms with Gasteiger partial charge in [0.2, 0.25) is 0 Å². The number of nitrogens with zero attached hydrogens (tertiary/aromatic N) is 2. The predicted octanol–water partition coefficient (Wildman–Crippen LogP) is 2.70. The highest BCUT2D eigenvalue weighted by Crippen LogP contribution is 2.32. The molecule has 6 heteroatoms. The summed E-state index contributed by atoms with van der Waals surface area (Å²) in [6.07, 6.45) is 0.908. The van der Waals surface area contributed by atoms with E-state index < -0.39 is 4.92 Å². The van der Waals surface area contributed by atoms with Gasteiger partial charge in [0.15, 0.2) is 5.75 Å². The van der Waals surface area contributed by atoms with Gasteiger partial charge in [-0.1, -0.05) is 30.3 Å². The van der Waals surface area contributed by atoms with E-state index in [1.54, 1.807) is 12.1 Å². The van der Waals surface area contributed by atoms with Crippen molar-refractivity contribution in [1.82, 2.24) is 4.90 Å². The predicted molar refractivity (Wildman–Crippen MR) is 90.0 cm³/mol. The van der Waals surface area contributed by atoms with Gasteiger partial charge in [-0.25, -0.2) is 0 Å². The fraction of sp³-hybridized carbons (Fsp3) is 0.333. The fourth-order valence-electron chi connectivity index (χ4n) is 3.32. The molecule has 3 rings (SSSR count). The molecule has 6 nitrogen and oxygen atoms in total. The van der Waals surface area contributed by atoms with Gasteiger partial charge in [-0.15, -0.1) is 0 Å². The van der Waals surface area contributed by atoms with E-state index >= 15 is 0 Å². The van der Waals surface area contributed by atoms with Crippen LogP contribution in [0.4, 0.5) is 5.69 Å². The van der Waals surface area contributed by atoms with Crippen molar-refractivity contribution in [3.8, 4) is 5.75 Å². The van der Waals surface area contributed by atoms with Crippen LogP contribution in [0.1, 0.15) is 22.7 Å². The average molecular weight is 328 g/mol. The molecule has 1 aliphatic heterocycles. The van der Waals surface area contributed by atoms with E-state index in [2.05, 4.69) is 11.0 Å². The Morgan fingerprint density at radius 1 is 1.33 bits per heavy atom. The van der Waals surface area contributed by atoms with Crippen LogP contribution in [0, 0.1) is 10.1 Å². The summed E-state index contributed by atoms with van der Waals surface area (Å²) in [5.74, 6) is 0.256. The molecule has 0 bridgehead atoms. The molecule has 1 N–H and O–H groups in total. The second-order valence-corrected chi connectivity index (χ2v) is 5.88. The molecular weight excluding hydrogens is 308 g/mol. The average Bonchev–Trinajstić information content (AvgIpc) is 2.61. The molecule has 0 saturated heterocycles. The van der Waals surface area contributed by atoms with Crippen LogP contribution in [-0.4, -0.2) is 35.2 Å². The number of fused-ring (bicyclic) bond motifs is 1. The van der Waals surface area contributed by atoms with Crippen LogP contribution >= 0.6 is 0 Å². The Kier molecular flexibility index (Phi) is 4.78. The Bertz CT molecular complexity index is 748. The second kappa shape index (κ2) is 6.98. The van der Waals surface area contributed by atoms with Crippen molar-refractivity contribution in [1.29, 1.82) is 0 Å². The van der Waals surface area contributed by atoms with Crippen LogP contribution in [-0.2, 0) is 13.0 Å². The molecule has 0 saturated carbocycles. The lowest BCUT2D eigenvalue weighted by Crippen LogP contribution is -2.36. The first-order valence-electron chi connectivity index (χ1n) is 7.88. The van der Waals surface area contributed by atoms with Crippen molar-refractivity contribution in [3.63, 3.8) is 0 Å². The summed E-state index contributed by atoms with van der Waals surface area (Å²) in [5.41, 5.74) is 3.19. The maximum atomic E-state index is 11.2. The molecule has 0 aromatic heterocycles. The fourth-order valence-corrected chi connectivity index (χ4v) is 3.32. The van der Waals surface area contributed by atoms with Crippen molar-refractivity contribution < 1.29 is 14.8 Å². The zero-order valence-corrected chi connectivity index (χ0v) is 13.5. The molecule has 0 amide bonds. The molecule has 0 spiro atoms. The summed E-state index contributed by atoms with van der Waals surface area (Å²) in [4.78, 5) is 12.9. The van der Waals surface area contributed by atoms with Crippen molar-refractivity contribution in [2.75, 3.05) is 20.3 Å². The Hall–Kier alpha value is -2.44. The summed E-state index contributed by atoms with van der Waals surface area (Å²) in [7, 11) is 1.42.